The Labute approximate surface area is 96.2 Å². The zero-order valence-electron chi connectivity index (χ0n) is 10.6. The zero-order valence-corrected chi connectivity index (χ0v) is 10.6. The van der Waals surface area contributed by atoms with Crippen LogP contribution in [0.2, 0.25) is 0 Å². The van der Waals surface area contributed by atoms with Crippen LogP contribution in [-0.2, 0) is 4.79 Å². The Kier molecular flexibility index (Phi) is 4.78. The van der Waals surface area contributed by atoms with Gasteiger partial charge in [-0.05, 0) is 17.4 Å². The Morgan fingerprint density at radius 1 is 1.50 bits per heavy atom. The third kappa shape index (κ3) is 3.72. The summed E-state index contributed by atoms with van der Waals surface area (Å²) in [6, 6.07) is -0.178. The minimum atomic E-state index is -0.586. The lowest BCUT2D eigenvalue weighted by atomic mass is 9.71. The Morgan fingerprint density at radius 3 is 2.38 bits per heavy atom. The van der Waals surface area contributed by atoms with Crippen molar-refractivity contribution in [2.75, 3.05) is 0 Å². The highest BCUT2D eigenvalue weighted by Gasteiger charge is 2.36. The first kappa shape index (κ1) is 14.7. The molecule has 1 atom stereocenters. The SMILES string of the molecule is C[C@H](N=[N+]=[N-])C(C)(C)CC(C)(C)C(=O)NN. The van der Waals surface area contributed by atoms with Gasteiger partial charge in [0.25, 0.3) is 0 Å². The first-order valence-corrected chi connectivity index (χ1v) is 5.22. The lowest BCUT2D eigenvalue weighted by Crippen LogP contribution is -2.44. The summed E-state index contributed by atoms with van der Waals surface area (Å²) in [5.74, 6) is 4.92. The van der Waals surface area contributed by atoms with E-state index in [9.17, 15) is 4.79 Å². The molecule has 0 saturated heterocycles. The van der Waals surface area contributed by atoms with E-state index in [0.29, 0.717) is 6.42 Å². The lowest BCUT2D eigenvalue weighted by Gasteiger charge is -2.36. The fourth-order valence-electron chi connectivity index (χ4n) is 1.80. The van der Waals surface area contributed by atoms with Gasteiger partial charge in [0.15, 0.2) is 0 Å². The Bertz CT molecular complexity index is 304. The molecule has 0 rings (SSSR count). The molecule has 3 N–H and O–H groups in total. The molecule has 16 heavy (non-hydrogen) atoms. The van der Waals surface area contributed by atoms with Gasteiger partial charge in [-0.2, -0.15) is 0 Å². The van der Waals surface area contributed by atoms with E-state index in [2.05, 4.69) is 15.5 Å². The minimum absolute atomic E-state index is 0.178. The standard InChI is InChI=1S/C10H21N5O/c1-7(14-15-12)9(2,3)6-10(4,5)8(16)13-11/h7H,6,11H2,1-5H3,(H,13,16)/t7-/m0/s1. The van der Waals surface area contributed by atoms with Crippen molar-refractivity contribution in [2.24, 2.45) is 21.8 Å². The van der Waals surface area contributed by atoms with E-state index >= 15 is 0 Å². The van der Waals surface area contributed by atoms with Gasteiger partial charge in [0.1, 0.15) is 0 Å². The number of azide groups is 1. The molecule has 0 aliphatic carbocycles. The van der Waals surface area contributed by atoms with Gasteiger partial charge in [-0.3, -0.25) is 10.2 Å². The summed E-state index contributed by atoms with van der Waals surface area (Å²) in [5.41, 5.74) is 9.72. The second-order valence-corrected chi connectivity index (χ2v) is 5.40. The van der Waals surface area contributed by atoms with E-state index in [1.165, 1.54) is 0 Å². The first-order valence-electron chi connectivity index (χ1n) is 5.22. The molecule has 0 aromatic carbocycles. The summed E-state index contributed by atoms with van der Waals surface area (Å²) in [7, 11) is 0. The Balaban J connectivity index is 4.81. The number of hydrazine groups is 1. The Morgan fingerprint density at radius 2 is 2.00 bits per heavy atom. The summed E-state index contributed by atoms with van der Waals surface area (Å²) < 4.78 is 0. The molecule has 6 nitrogen and oxygen atoms in total. The van der Waals surface area contributed by atoms with Gasteiger partial charge >= 0.3 is 0 Å². The van der Waals surface area contributed by atoms with Crippen molar-refractivity contribution in [3.05, 3.63) is 10.4 Å². The molecule has 0 bridgehead atoms. The second-order valence-electron chi connectivity index (χ2n) is 5.40. The molecule has 0 fully saturated rings. The van der Waals surface area contributed by atoms with Crippen LogP contribution in [0.15, 0.2) is 5.11 Å². The smallest absolute Gasteiger partial charge is 0.239 e. The minimum Gasteiger partial charge on any atom is -0.294 e. The number of nitrogens with two attached hydrogens (primary N) is 1. The fourth-order valence-corrected chi connectivity index (χ4v) is 1.80. The maximum absolute atomic E-state index is 11.6. The summed E-state index contributed by atoms with van der Waals surface area (Å²) in [5, 5.41) is 3.68. The van der Waals surface area contributed by atoms with E-state index < -0.39 is 5.41 Å². The number of rotatable bonds is 5. The van der Waals surface area contributed by atoms with E-state index in [1.54, 1.807) is 0 Å². The summed E-state index contributed by atoms with van der Waals surface area (Å²) in [6.45, 7) is 9.42. The van der Waals surface area contributed by atoms with Gasteiger partial charge < -0.3 is 0 Å². The van der Waals surface area contributed by atoms with Gasteiger partial charge in [-0.25, -0.2) is 5.84 Å². The van der Waals surface area contributed by atoms with Crippen molar-refractivity contribution in [3.63, 3.8) is 0 Å². The highest BCUT2D eigenvalue weighted by molar-refractivity contribution is 5.81. The number of nitrogens with zero attached hydrogens (tertiary/aromatic N) is 3. The zero-order chi connectivity index (χ0) is 13.0. The molecular weight excluding hydrogens is 206 g/mol. The van der Waals surface area contributed by atoms with Crippen LogP contribution in [0, 0.1) is 10.8 Å². The van der Waals surface area contributed by atoms with Gasteiger partial charge in [-0.1, -0.05) is 39.7 Å². The van der Waals surface area contributed by atoms with Crippen LogP contribution in [-0.4, -0.2) is 11.9 Å². The molecule has 0 radical (unpaired) electrons. The van der Waals surface area contributed by atoms with E-state index in [4.69, 9.17) is 11.4 Å². The van der Waals surface area contributed by atoms with Crippen LogP contribution in [0.1, 0.15) is 41.0 Å². The van der Waals surface area contributed by atoms with Crippen molar-refractivity contribution in [1.82, 2.24) is 5.43 Å². The molecule has 0 heterocycles. The second kappa shape index (κ2) is 5.18. The highest BCUT2D eigenvalue weighted by atomic mass is 16.2. The number of hydrogen-bond donors (Lipinski definition) is 2. The molecule has 0 saturated carbocycles. The van der Waals surface area contributed by atoms with Crippen LogP contribution in [0.5, 0.6) is 0 Å². The van der Waals surface area contributed by atoms with Crippen LogP contribution >= 0.6 is 0 Å². The summed E-state index contributed by atoms with van der Waals surface area (Å²) in [6.07, 6.45) is 0.587. The average Bonchev–Trinajstić information content (AvgIpc) is 2.15. The molecule has 0 aromatic rings. The average molecular weight is 227 g/mol. The predicted molar refractivity (Wildman–Crippen MR) is 63.1 cm³/mol. The van der Waals surface area contributed by atoms with Gasteiger partial charge in [0.05, 0.1) is 0 Å². The fraction of sp³-hybridized carbons (Fsp3) is 0.900. The maximum Gasteiger partial charge on any atom is 0.239 e. The molecule has 0 aliphatic rings. The summed E-state index contributed by atoms with van der Waals surface area (Å²) >= 11 is 0. The molecule has 1 amide bonds. The molecule has 0 aliphatic heterocycles. The van der Waals surface area contributed by atoms with Gasteiger partial charge in [-0.15, -0.1) is 0 Å². The molecule has 6 heteroatoms. The molecular formula is C10H21N5O. The molecule has 92 valence electrons. The Hall–Kier alpha value is -1.26. The van der Waals surface area contributed by atoms with Crippen LogP contribution in [0.3, 0.4) is 0 Å². The number of carbonyl (C=O) groups is 1. The van der Waals surface area contributed by atoms with E-state index in [-0.39, 0.29) is 17.4 Å². The van der Waals surface area contributed by atoms with Crippen LogP contribution < -0.4 is 11.3 Å². The van der Waals surface area contributed by atoms with Crippen molar-refractivity contribution < 1.29 is 4.79 Å². The number of carbonyl (C=O) groups excluding carboxylic acids is 1. The number of hydrogen-bond acceptors (Lipinski definition) is 3. The van der Waals surface area contributed by atoms with Crippen molar-refractivity contribution in [2.45, 2.75) is 47.1 Å². The predicted octanol–water partition coefficient (Wildman–Crippen LogP) is 2.12. The summed E-state index contributed by atoms with van der Waals surface area (Å²) in [4.78, 5) is 14.3. The molecule has 0 spiro atoms. The van der Waals surface area contributed by atoms with E-state index in [1.807, 2.05) is 34.6 Å². The largest absolute Gasteiger partial charge is 0.294 e. The van der Waals surface area contributed by atoms with Crippen molar-refractivity contribution in [1.29, 1.82) is 0 Å². The lowest BCUT2D eigenvalue weighted by molar-refractivity contribution is -0.131. The highest BCUT2D eigenvalue weighted by Crippen LogP contribution is 2.37. The van der Waals surface area contributed by atoms with Crippen molar-refractivity contribution >= 4 is 5.91 Å². The van der Waals surface area contributed by atoms with Crippen LogP contribution in [0.4, 0.5) is 0 Å². The normalized spacial score (nSPS) is 13.9. The van der Waals surface area contributed by atoms with Gasteiger partial charge in [0, 0.05) is 16.4 Å². The van der Waals surface area contributed by atoms with Crippen LogP contribution in [0.25, 0.3) is 10.4 Å². The third-order valence-corrected chi connectivity index (χ3v) is 3.00. The first-order chi connectivity index (χ1) is 7.17. The molecule has 0 aromatic heterocycles. The van der Waals surface area contributed by atoms with E-state index in [0.717, 1.165) is 0 Å². The van der Waals surface area contributed by atoms with Crippen molar-refractivity contribution in [3.8, 4) is 0 Å². The third-order valence-electron chi connectivity index (χ3n) is 3.00. The maximum atomic E-state index is 11.6. The monoisotopic (exact) mass is 227 g/mol. The number of nitrogens with one attached hydrogen (secondary N) is 1. The topological polar surface area (TPSA) is 104 Å². The quantitative estimate of drug-likeness (QED) is 0.187. The number of amides is 1. The molecule has 0 unspecified atom stereocenters. The van der Waals surface area contributed by atoms with Gasteiger partial charge in [0.2, 0.25) is 5.91 Å².